The van der Waals surface area contributed by atoms with Gasteiger partial charge in [-0.25, -0.2) is 0 Å². The van der Waals surface area contributed by atoms with Crippen LogP contribution >= 0.6 is 0 Å². The highest BCUT2D eigenvalue weighted by atomic mass is 16.5. The van der Waals surface area contributed by atoms with Gasteiger partial charge in [-0.2, -0.15) is 4.98 Å². The molecule has 1 aromatic heterocycles. The Balaban J connectivity index is 2.15. The summed E-state index contributed by atoms with van der Waals surface area (Å²) in [7, 11) is 0. The van der Waals surface area contributed by atoms with Gasteiger partial charge in [0.1, 0.15) is 0 Å². The Morgan fingerprint density at radius 3 is 2.38 bits per heavy atom. The van der Waals surface area contributed by atoms with Crippen LogP contribution in [0.15, 0.2) is 34.9 Å². The van der Waals surface area contributed by atoms with Crippen molar-refractivity contribution in [3.8, 4) is 0 Å². The summed E-state index contributed by atoms with van der Waals surface area (Å²) >= 11 is 0. The van der Waals surface area contributed by atoms with E-state index < -0.39 is 0 Å². The molecule has 84 valence electrons. The molecule has 0 atom stereocenters. The van der Waals surface area contributed by atoms with Crippen molar-refractivity contribution in [3.05, 3.63) is 47.6 Å². The Morgan fingerprint density at radius 1 is 1.12 bits per heavy atom. The minimum Gasteiger partial charge on any atom is -0.339 e. The number of hydrogen-bond donors (Lipinski definition) is 0. The summed E-state index contributed by atoms with van der Waals surface area (Å²) in [6.45, 7) is 6.19. The molecule has 0 aliphatic carbocycles. The van der Waals surface area contributed by atoms with Crippen molar-refractivity contribution in [1.82, 2.24) is 10.1 Å². The number of aromatic nitrogens is 2. The first-order valence-electron chi connectivity index (χ1n) is 5.43. The topological polar surface area (TPSA) is 38.9 Å². The lowest BCUT2D eigenvalue weighted by molar-refractivity contribution is 0.318. The lowest BCUT2D eigenvalue weighted by Gasteiger charge is -2.10. The van der Waals surface area contributed by atoms with Gasteiger partial charge >= 0.3 is 0 Å². The van der Waals surface area contributed by atoms with E-state index in [2.05, 4.69) is 43.0 Å². The van der Waals surface area contributed by atoms with Crippen LogP contribution in [-0.4, -0.2) is 10.1 Å². The first-order valence-corrected chi connectivity index (χ1v) is 5.43. The van der Waals surface area contributed by atoms with Crippen LogP contribution in [0.5, 0.6) is 0 Å². The second-order valence-electron chi connectivity index (χ2n) is 4.93. The standard InChI is InChI=1S/C13H16N2O/c1-13(2,3)12-14-11(15-16-12)9-10-7-5-4-6-8-10/h4-8H,9H2,1-3H3. The zero-order chi connectivity index (χ0) is 11.6. The monoisotopic (exact) mass is 216 g/mol. The minimum atomic E-state index is -0.0814. The third-order valence-corrected chi connectivity index (χ3v) is 2.31. The Bertz CT molecular complexity index is 454. The van der Waals surface area contributed by atoms with Gasteiger partial charge < -0.3 is 4.52 Å². The van der Waals surface area contributed by atoms with Gasteiger partial charge in [0.25, 0.3) is 0 Å². The van der Waals surface area contributed by atoms with Gasteiger partial charge in [0.15, 0.2) is 5.82 Å². The van der Waals surface area contributed by atoms with Crippen LogP contribution in [0, 0.1) is 0 Å². The molecule has 0 saturated heterocycles. The van der Waals surface area contributed by atoms with E-state index in [1.54, 1.807) is 0 Å². The minimum absolute atomic E-state index is 0.0814. The third kappa shape index (κ3) is 2.48. The van der Waals surface area contributed by atoms with Crippen LogP contribution < -0.4 is 0 Å². The lowest BCUT2D eigenvalue weighted by atomic mass is 9.97. The quantitative estimate of drug-likeness (QED) is 0.774. The SMILES string of the molecule is CC(C)(C)c1nc(Cc2ccccc2)no1. The number of rotatable bonds is 2. The molecule has 0 spiro atoms. The summed E-state index contributed by atoms with van der Waals surface area (Å²) < 4.78 is 5.24. The van der Waals surface area contributed by atoms with E-state index in [4.69, 9.17) is 4.52 Å². The summed E-state index contributed by atoms with van der Waals surface area (Å²) in [5, 5.41) is 3.99. The lowest BCUT2D eigenvalue weighted by Crippen LogP contribution is -2.11. The van der Waals surface area contributed by atoms with E-state index in [1.807, 2.05) is 18.2 Å². The average molecular weight is 216 g/mol. The molecule has 3 heteroatoms. The van der Waals surface area contributed by atoms with Crippen molar-refractivity contribution in [2.45, 2.75) is 32.6 Å². The Hall–Kier alpha value is -1.64. The van der Waals surface area contributed by atoms with E-state index in [-0.39, 0.29) is 5.41 Å². The molecule has 2 rings (SSSR count). The Labute approximate surface area is 95.5 Å². The molecule has 0 saturated carbocycles. The van der Waals surface area contributed by atoms with Crippen molar-refractivity contribution in [1.29, 1.82) is 0 Å². The van der Waals surface area contributed by atoms with Crippen LogP contribution in [0.3, 0.4) is 0 Å². The first-order chi connectivity index (χ1) is 7.55. The first kappa shape index (κ1) is 10.9. The fourth-order valence-corrected chi connectivity index (χ4v) is 1.41. The molecule has 1 aromatic carbocycles. The number of benzene rings is 1. The van der Waals surface area contributed by atoms with Crippen molar-refractivity contribution in [2.24, 2.45) is 0 Å². The maximum Gasteiger partial charge on any atom is 0.232 e. The second-order valence-corrected chi connectivity index (χ2v) is 4.93. The van der Waals surface area contributed by atoms with Crippen molar-refractivity contribution >= 4 is 0 Å². The smallest absolute Gasteiger partial charge is 0.232 e. The van der Waals surface area contributed by atoms with E-state index in [0.717, 1.165) is 12.2 Å². The van der Waals surface area contributed by atoms with Crippen molar-refractivity contribution in [3.63, 3.8) is 0 Å². The van der Waals surface area contributed by atoms with Crippen molar-refractivity contribution in [2.75, 3.05) is 0 Å². The average Bonchev–Trinajstić information content (AvgIpc) is 2.67. The van der Waals surface area contributed by atoms with Gasteiger partial charge in [-0.05, 0) is 5.56 Å². The fourth-order valence-electron chi connectivity index (χ4n) is 1.41. The van der Waals surface area contributed by atoms with Crippen LogP contribution in [0.4, 0.5) is 0 Å². The molecule has 3 nitrogen and oxygen atoms in total. The maximum absolute atomic E-state index is 5.24. The third-order valence-electron chi connectivity index (χ3n) is 2.31. The van der Waals surface area contributed by atoms with E-state index >= 15 is 0 Å². The molecule has 0 radical (unpaired) electrons. The highest BCUT2D eigenvalue weighted by Crippen LogP contribution is 2.20. The molecular weight excluding hydrogens is 200 g/mol. The largest absolute Gasteiger partial charge is 0.339 e. The molecule has 0 aliphatic rings. The van der Waals surface area contributed by atoms with Crippen LogP contribution in [0.1, 0.15) is 38.0 Å². The maximum atomic E-state index is 5.24. The molecule has 0 bridgehead atoms. The zero-order valence-electron chi connectivity index (χ0n) is 9.90. The van der Waals surface area contributed by atoms with E-state index in [0.29, 0.717) is 5.89 Å². The molecule has 0 N–H and O–H groups in total. The Kier molecular flexibility index (Phi) is 2.77. The zero-order valence-corrected chi connectivity index (χ0v) is 9.90. The molecule has 0 aliphatic heterocycles. The van der Waals surface area contributed by atoms with Gasteiger partial charge in [-0.3, -0.25) is 0 Å². The van der Waals surface area contributed by atoms with Gasteiger partial charge in [0, 0.05) is 11.8 Å². The van der Waals surface area contributed by atoms with E-state index in [1.165, 1.54) is 5.56 Å². The normalized spacial score (nSPS) is 11.7. The van der Waals surface area contributed by atoms with E-state index in [9.17, 15) is 0 Å². The van der Waals surface area contributed by atoms with Crippen LogP contribution in [0.25, 0.3) is 0 Å². The molecular formula is C13H16N2O. The molecule has 0 fully saturated rings. The summed E-state index contributed by atoms with van der Waals surface area (Å²) in [5.74, 6) is 1.44. The molecule has 0 amide bonds. The van der Waals surface area contributed by atoms with Gasteiger partial charge in [0.05, 0.1) is 0 Å². The number of hydrogen-bond acceptors (Lipinski definition) is 3. The van der Waals surface area contributed by atoms with Gasteiger partial charge in [0.2, 0.25) is 5.89 Å². The summed E-state index contributed by atoms with van der Waals surface area (Å²) in [5.41, 5.74) is 1.12. The fraction of sp³-hybridized carbons (Fsp3) is 0.385. The molecule has 1 heterocycles. The predicted octanol–water partition coefficient (Wildman–Crippen LogP) is 2.96. The van der Waals surface area contributed by atoms with Crippen LogP contribution in [0.2, 0.25) is 0 Å². The predicted molar refractivity (Wildman–Crippen MR) is 62.2 cm³/mol. The highest BCUT2D eigenvalue weighted by molar-refractivity contribution is 5.18. The summed E-state index contributed by atoms with van der Waals surface area (Å²) in [4.78, 5) is 4.40. The second kappa shape index (κ2) is 4.08. The van der Waals surface area contributed by atoms with Crippen molar-refractivity contribution < 1.29 is 4.52 Å². The van der Waals surface area contributed by atoms with Gasteiger partial charge in [-0.15, -0.1) is 0 Å². The Morgan fingerprint density at radius 2 is 1.81 bits per heavy atom. The van der Waals surface area contributed by atoms with Gasteiger partial charge in [-0.1, -0.05) is 56.3 Å². The molecule has 16 heavy (non-hydrogen) atoms. The number of nitrogens with zero attached hydrogens (tertiary/aromatic N) is 2. The highest BCUT2D eigenvalue weighted by Gasteiger charge is 2.21. The molecule has 2 aromatic rings. The molecule has 0 unspecified atom stereocenters. The summed E-state index contributed by atoms with van der Waals surface area (Å²) in [6.07, 6.45) is 0.723. The van der Waals surface area contributed by atoms with Crippen LogP contribution in [-0.2, 0) is 11.8 Å². The summed E-state index contributed by atoms with van der Waals surface area (Å²) in [6, 6.07) is 10.2.